The van der Waals surface area contributed by atoms with Gasteiger partial charge >= 0.3 is 0 Å². The Kier molecular flexibility index (Phi) is 4.99. The van der Waals surface area contributed by atoms with E-state index in [1.807, 2.05) is 24.4 Å². The molecule has 1 saturated carbocycles. The maximum Gasteiger partial charge on any atom is 0.142 e. The first-order valence-corrected chi connectivity index (χ1v) is 8.84. The molecule has 0 saturated heterocycles. The molecule has 2 heterocycles. The number of rotatable bonds is 5. The molecular weight excluding hydrogens is 278 g/mol. The van der Waals surface area contributed by atoms with Crippen LogP contribution in [0.1, 0.15) is 44.7 Å². The molecule has 0 radical (unpaired) electrons. The molecule has 0 spiro atoms. The van der Waals surface area contributed by atoms with Crippen molar-refractivity contribution in [2.45, 2.75) is 51.6 Å². The number of pyridine rings is 1. The summed E-state index contributed by atoms with van der Waals surface area (Å²) in [4.78, 5) is 9.07. The van der Waals surface area contributed by atoms with Crippen molar-refractivity contribution in [2.24, 2.45) is 5.92 Å². The van der Waals surface area contributed by atoms with E-state index in [1.54, 1.807) is 11.3 Å². The normalized spacial score (nSPS) is 22.3. The Hall–Kier alpha value is -1.26. The van der Waals surface area contributed by atoms with Gasteiger partial charge in [-0.05, 0) is 30.9 Å². The number of hydrogen-bond donors (Lipinski definition) is 1. The molecular formula is C17H23N3S. The molecule has 0 amide bonds. The maximum atomic E-state index is 4.71. The third-order valence-corrected chi connectivity index (χ3v) is 5.33. The van der Waals surface area contributed by atoms with Crippen molar-refractivity contribution in [1.29, 1.82) is 0 Å². The summed E-state index contributed by atoms with van der Waals surface area (Å²) in [6.45, 7) is 3.19. The Morgan fingerprint density at radius 3 is 3.00 bits per heavy atom. The van der Waals surface area contributed by atoms with Crippen LogP contribution >= 0.6 is 11.3 Å². The molecule has 112 valence electrons. The zero-order valence-corrected chi connectivity index (χ0v) is 13.4. The van der Waals surface area contributed by atoms with Gasteiger partial charge in [0.15, 0.2) is 0 Å². The van der Waals surface area contributed by atoms with Gasteiger partial charge in [0.25, 0.3) is 0 Å². The van der Waals surface area contributed by atoms with Crippen LogP contribution in [-0.2, 0) is 6.54 Å². The van der Waals surface area contributed by atoms with Crippen LogP contribution in [0.15, 0.2) is 29.8 Å². The van der Waals surface area contributed by atoms with Crippen LogP contribution in [0.2, 0.25) is 0 Å². The van der Waals surface area contributed by atoms with Crippen molar-refractivity contribution < 1.29 is 0 Å². The first-order valence-electron chi connectivity index (χ1n) is 7.96. The fourth-order valence-corrected chi connectivity index (χ4v) is 3.99. The summed E-state index contributed by atoms with van der Waals surface area (Å²) in [6.07, 6.45) is 8.57. The van der Waals surface area contributed by atoms with E-state index < -0.39 is 0 Å². The molecule has 2 aromatic rings. The molecule has 2 aromatic heterocycles. The highest BCUT2D eigenvalue weighted by molar-refractivity contribution is 7.13. The van der Waals surface area contributed by atoms with E-state index in [4.69, 9.17) is 4.98 Å². The number of thiazole rings is 1. The lowest BCUT2D eigenvalue weighted by molar-refractivity contribution is 0.254. The predicted octanol–water partition coefficient (Wildman–Crippen LogP) is 4.26. The van der Waals surface area contributed by atoms with Gasteiger partial charge in [-0.3, -0.25) is 4.98 Å². The standard InChI is InChI=1S/C17H23N3S/c1-2-13-7-3-4-8-15(13)19-11-14-12-21-17(20-14)16-9-5-6-10-18-16/h5-6,9-10,12-13,15,19H,2-4,7-8,11H2,1H3. The van der Waals surface area contributed by atoms with Crippen molar-refractivity contribution in [1.82, 2.24) is 15.3 Å². The summed E-state index contributed by atoms with van der Waals surface area (Å²) < 4.78 is 0. The molecule has 3 nitrogen and oxygen atoms in total. The molecule has 21 heavy (non-hydrogen) atoms. The molecule has 1 fully saturated rings. The summed E-state index contributed by atoms with van der Waals surface area (Å²) >= 11 is 1.68. The molecule has 1 aliphatic carbocycles. The van der Waals surface area contributed by atoms with E-state index in [9.17, 15) is 0 Å². The first-order chi connectivity index (χ1) is 10.4. The zero-order chi connectivity index (χ0) is 14.5. The molecule has 1 N–H and O–H groups in total. The smallest absolute Gasteiger partial charge is 0.142 e. The molecule has 2 unspecified atom stereocenters. The minimum atomic E-state index is 0.670. The van der Waals surface area contributed by atoms with Crippen LogP contribution in [0, 0.1) is 5.92 Å². The van der Waals surface area contributed by atoms with E-state index in [1.165, 1.54) is 32.1 Å². The lowest BCUT2D eigenvalue weighted by atomic mass is 9.83. The fraction of sp³-hybridized carbons (Fsp3) is 0.529. The summed E-state index contributed by atoms with van der Waals surface area (Å²) in [7, 11) is 0. The molecule has 1 aliphatic rings. The highest BCUT2D eigenvalue weighted by atomic mass is 32.1. The second-order valence-electron chi connectivity index (χ2n) is 5.80. The predicted molar refractivity (Wildman–Crippen MR) is 88.2 cm³/mol. The van der Waals surface area contributed by atoms with Crippen LogP contribution in [0.4, 0.5) is 0 Å². The number of nitrogens with one attached hydrogen (secondary N) is 1. The summed E-state index contributed by atoms with van der Waals surface area (Å²) in [5.41, 5.74) is 2.11. The number of nitrogens with zero attached hydrogens (tertiary/aromatic N) is 2. The Bertz CT molecular complexity index is 552. The fourth-order valence-electron chi connectivity index (χ4n) is 3.20. The SMILES string of the molecule is CCC1CCCCC1NCc1csc(-c2ccccn2)n1. The minimum Gasteiger partial charge on any atom is -0.308 e. The average molecular weight is 301 g/mol. The van der Waals surface area contributed by atoms with Gasteiger partial charge in [0.1, 0.15) is 5.01 Å². The quantitative estimate of drug-likeness (QED) is 0.896. The maximum absolute atomic E-state index is 4.71. The largest absolute Gasteiger partial charge is 0.308 e. The van der Waals surface area contributed by atoms with Gasteiger partial charge in [0.2, 0.25) is 0 Å². The van der Waals surface area contributed by atoms with E-state index in [2.05, 4.69) is 22.6 Å². The van der Waals surface area contributed by atoms with E-state index in [0.717, 1.165) is 28.9 Å². The molecule has 2 atom stereocenters. The first kappa shape index (κ1) is 14.7. The molecule has 3 rings (SSSR count). The van der Waals surface area contributed by atoms with Gasteiger partial charge in [-0.15, -0.1) is 11.3 Å². The highest BCUT2D eigenvalue weighted by Gasteiger charge is 2.23. The molecule has 0 aromatic carbocycles. The van der Waals surface area contributed by atoms with E-state index in [-0.39, 0.29) is 0 Å². The molecule has 4 heteroatoms. The Morgan fingerprint density at radius 1 is 1.29 bits per heavy atom. The minimum absolute atomic E-state index is 0.670. The highest BCUT2D eigenvalue weighted by Crippen LogP contribution is 2.27. The van der Waals surface area contributed by atoms with Gasteiger partial charge in [0, 0.05) is 24.2 Å². The monoisotopic (exact) mass is 301 g/mol. The Balaban J connectivity index is 1.60. The average Bonchev–Trinajstić information content (AvgIpc) is 3.03. The van der Waals surface area contributed by atoms with Crippen LogP contribution < -0.4 is 5.32 Å². The Labute approximate surface area is 130 Å². The second kappa shape index (κ2) is 7.14. The van der Waals surface area contributed by atoms with Crippen LogP contribution in [0.5, 0.6) is 0 Å². The van der Waals surface area contributed by atoms with Crippen molar-refractivity contribution in [3.05, 3.63) is 35.5 Å². The molecule has 0 aliphatic heterocycles. The molecule has 0 bridgehead atoms. The lowest BCUT2D eigenvalue weighted by Gasteiger charge is -2.31. The van der Waals surface area contributed by atoms with Gasteiger partial charge in [0.05, 0.1) is 11.4 Å². The lowest BCUT2D eigenvalue weighted by Crippen LogP contribution is -2.37. The van der Waals surface area contributed by atoms with E-state index in [0.29, 0.717) is 6.04 Å². The topological polar surface area (TPSA) is 37.8 Å². The van der Waals surface area contributed by atoms with Crippen LogP contribution in [0.25, 0.3) is 10.7 Å². The number of aromatic nitrogens is 2. The van der Waals surface area contributed by atoms with Crippen molar-refractivity contribution >= 4 is 11.3 Å². The second-order valence-corrected chi connectivity index (χ2v) is 6.66. The summed E-state index contributed by atoms with van der Waals surface area (Å²) in [6, 6.07) is 6.64. The third kappa shape index (κ3) is 3.69. The Morgan fingerprint density at radius 2 is 2.19 bits per heavy atom. The van der Waals surface area contributed by atoms with Gasteiger partial charge < -0.3 is 5.32 Å². The van der Waals surface area contributed by atoms with Crippen molar-refractivity contribution in [2.75, 3.05) is 0 Å². The van der Waals surface area contributed by atoms with Crippen LogP contribution in [-0.4, -0.2) is 16.0 Å². The van der Waals surface area contributed by atoms with Crippen molar-refractivity contribution in [3.63, 3.8) is 0 Å². The van der Waals surface area contributed by atoms with Gasteiger partial charge in [-0.25, -0.2) is 4.98 Å². The van der Waals surface area contributed by atoms with Gasteiger partial charge in [-0.1, -0.05) is 32.3 Å². The van der Waals surface area contributed by atoms with Crippen LogP contribution in [0.3, 0.4) is 0 Å². The number of hydrogen-bond acceptors (Lipinski definition) is 4. The zero-order valence-electron chi connectivity index (χ0n) is 12.6. The van der Waals surface area contributed by atoms with E-state index >= 15 is 0 Å². The summed E-state index contributed by atoms with van der Waals surface area (Å²) in [5.74, 6) is 0.840. The summed E-state index contributed by atoms with van der Waals surface area (Å²) in [5, 5.41) is 6.90. The third-order valence-electron chi connectivity index (χ3n) is 4.41. The van der Waals surface area contributed by atoms with Gasteiger partial charge in [-0.2, -0.15) is 0 Å². The van der Waals surface area contributed by atoms with Crippen molar-refractivity contribution in [3.8, 4) is 10.7 Å².